The van der Waals surface area contributed by atoms with E-state index in [4.69, 9.17) is 23.2 Å². The van der Waals surface area contributed by atoms with E-state index in [-0.39, 0.29) is 11.1 Å². The van der Waals surface area contributed by atoms with Crippen LogP contribution in [0, 0.1) is 12.3 Å². The Bertz CT molecular complexity index is 476. The van der Waals surface area contributed by atoms with E-state index < -0.39 is 5.41 Å². The summed E-state index contributed by atoms with van der Waals surface area (Å²) >= 11 is 11.9. The van der Waals surface area contributed by atoms with Crippen LogP contribution in [0.25, 0.3) is 0 Å². The van der Waals surface area contributed by atoms with E-state index in [2.05, 4.69) is 15.6 Å². The monoisotopic (exact) mass is 301 g/mol. The number of halogens is 2. The zero-order chi connectivity index (χ0) is 14.0. The minimum atomic E-state index is -0.409. The van der Waals surface area contributed by atoms with Gasteiger partial charge in [-0.15, -0.1) is 0 Å². The Kier molecular flexibility index (Phi) is 4.33. The van der Waals surface area contributed by atoms with E-state index in [1.54, 1.807) is 6.07 Å². The van der Waals surface area contributed by atoms with Crippen molar-refractivity contribution >= 4 is 34.8 Å². The number of nitrogens with one attached hydrogen (secondary N) is 2. The van der Waals surface area contributed by atoms with Crippen LogP contribution in [0.15, 0.2) is 6.07 Å². The van der Waals surface area contributed by atoms with E-state index >= 15 is 0 Å². The van der Waals surface area contributed by atoms with Gasteiger partial charge in [-0.3, -0.25) is 4.79 Å². The Hall–Kier alpha value is -0.840. The van der Waals surface area contributed by atoms with Gasteiger partial charge in [-0.1, -0.05) is 23.2 Å². The van der Waals surface area contributed by atoms with E-state index in [1.165, 1.54) is 0 Å². The predicted molar refractivity (Wildman–Crippen MR) is 77.8 cm³/mol. The lowest BCUT2D eigenvalue weighted by Gasteiger charge is -2.32. The molecule has 0 aromatic carbocycles. The van der Waals surface area contributed by atoms with Gasteiger partial charge in [-0.05, 0) is 44.9 Å². The summed E-state index contributed by atoms with van der Waals surface area (Å²) in [6, 6.07) is 1.69. The number of anilines is 1. The molecule has 0 bridgehead atoms. The number of hydrogen-bond acceptors (Lipinski definition) is 3. The van der Waals surface area contributed by atoms with Crippen molar-refractivity contribution in [2.75, 3.05) is 18.4 Å². The Labute approximate surface area is 122 Å². The molecule has 1 atom stereocenters. The van der Waals surface area contributed by atoms with Crippen molar-refractivity contribution in [3.63, 3.8) is 0 Å². The summed E-state index contributed by atoms with van der Waals surface area (Å²) in [5.41, 5.74) is 0.946. The first-order valence-corrected chi connectivity index (χ1v) is 7.03. The smallest absolute Gasteiger partial charge is 0.231 e. The molecular weight excluding hydrogens is 285 g/mol. The van der Waals surface area contributed by atoms with Crippen LogP contribution < -0.4 is 10.6 Å². The maximum Gasteiger partial charge on any atom is 0.231 e. The number of carbonyl (C=O) groups excluding carboxylic acids is 1. The van der Waals surface area contributed by atoms with Crippen LogP contribution in [-0.4, -0.2) is 24.0 Å². The summed E-state index contributed by atoms with van der Waals surface area (Å²) in [6.07, 6.45) is 1.86. The zero-order valence-corrected chi connectivity index (χ0v) is 12.5. The minimum absolute atomic E-state index is 0.0335. The van der Waals surface area contributed by atoms with Gasteiger partial charge in [0.25, 0.3) is 0 Å². The van der Waals surface area contributed by atoms with Crippen molar-refractivity contribution in [1.29, 1.82) is 0 Å². The van der Waals surface area contributed by atoms with Crippen molar-refractivity contribution in [2.45, 2.75) is 26.7 Å². The van der Waals surface area contributed by atoms with Crippen LogP contribution >= 0.6 is 23.2 Å². The van der Waals surface area contributed by atoms with Gasteiger partial charge in [0.1, 0.15) is 5.15 Å². The second-order valence-electron chi connectivity index (χ2n) is 5.22. The molecule has 1 saturated heterocycles. The average molecular weight is 302 g/mol. The molecule has 1 aromatic heterocycles. The standard InChI is InChI=1S/C13H17Cl2N3O/c1-8-6-9(14)17-11(15)10(8)18-12(19)13(2)4-3-5-16-7-13/h6,16H,3-5,7H2,1-2H3,(H,18,19). The highest BCUT2D eigenvalue weighted by atomic mass is 35.5. The van der Waals surface area contributed by atoms with E-state index in [9.17, 15) is 4.79 Å². The molecule has 2 N–H and O–H groups in total. The lowest BCUT2D eigenvalue weighted by Crippen LogP contribution is -2.46. The van der Waals surface area contributed by atoms with Crippen LogP contribution in [0.3, 0.4) is 0 Å². The number of aryl methyl sites for hydroxylation is 1. The first-order valence-electron chi connectivity index (χ1n) is 6.27. The third-order valence-corrected chi connectivity index (χ3v) is 3.99. The number of aromatic nitrogens is 1. The molecule has 19 heavy (non-hydrogen) atoms. The van der Waals surface area contributed by atoms with Gasteiger partial charge in [0.05, 0.1) is 11.1 Å². The van der Waals surface area contributed by atoms with Gasteiger partial charge in [0, 0.05) is 6.54 Å². The van der Waals surface area contributed by atoms with Crippen molar-refractivity contribution in [1.82, 2.24) is 10.3 Å². The van der Waals surface area contributed by atoms with Gasteiger partial charge in [-0.2, -0.15) is 0 Å². The van der Waals surface area contributed by atoms with E-state index in [1.807, 2.05) is 13.8 Å². The molecule has 2 heterocycles. The summed E-state index contributed by atoms with van der Waals surface area (Å²) in [5.74, 6) is -0.0335. The number of pyridine rings is 1. The van der Waals surface area contributed by atoms with Gasteiger partial charge in [0.15, 0.2) is 5.15 Å². The number of nitrogens with zero attached hydrogens (tertiary/aromatic N) is 1. The number of carbonyl (C=O) groups is 1. The molecule has 4 nitrogen and oxygen atoms in total. The van der Waals surface area contributed by atoms with Crippen LogP contribution in [0.1, 0.15) is 25.3 Å². The lowest BCUT2D eigenvalue weighted by molar-refractivity contribution is -0.125. The van der Waals surface area contributed by atoms with E-state index in [0.29, 0.717) is 17.4 Å². The second-order valence-corrected chi connectivity index (χ2v) is 5.97. The molecule has 0 saturated carbocycles. The Morgan fingerprint density at radius 3 is 2.84 bits per heavy atom. The quantitative estimate of drug-likeness (QED) is 0.826. The largest absolute Gasteiger partial charge is 0.323 e. The highest BCUT2D eigenvalue weighted by Gasteiger charge is 2.35. The Balaban J connectivity index is 2.19. The highest BCUT2D eigenvalue weighted by Crippen LogP contribution is 2.31. The second kappa shape index (κ2) is 5.65. The number of piperidine rings is 1. The fraction of sp³-hybridized carbons (Fsp3) is 0.538. The summed E-state index contributed by atoms with van der Waals surface area (Å²) < 4.78 is 0. The number of amides is 1. The molecule has 104 valence electrons. The summed E-state index contributed by atoms with van der Waals surface area (Å²) in [4.78, 5) is 16.4. The van der Waals surface area contributed by atoms with Gasteiger partial charge >= 0.3 is 0 Å². The van der Waals surface area contributed by atoms with Crippen molar-refractivity contribution in [2.24, 2.45) is 5.41 Å². The minimum Gasteiger partial charge on any atom is -0.323 e. The van der Waals surface area contributed by atoms with E-state index in [0.717, 1.165) is 24.9 Å². The third-order valence-electron chi connectivity index (χ3n) is 3.53. The normalized spacial score (nSPS) is 23.2. The molecular formula is C13H17Cl2N3O. The topological polar surface area (TPSA) is 54.0 Å². The molecule has 0 spiro atoms. The predicted octanol–water partition coefficient (Wildman–Crippen LogP) is 3.03. The zero-order valence-electron chi connectivity index (χ0n) is 11.0. The molecule has 1 amide bonds. The van der Waals surface area contributed by atoms with Gasteiger partial charge in [-0.25, -0.2) is 4.98 Å². The SMILES string of the molecule is Cc1cc(Cl)nc(Cl)c1NC(=O)C1(C)CCCNC1. The summed E-state index contributed by atoms with van der Waals surface area (Å²) in [6.45, 7) is 5.44. The maximum absolute atomic E-state index is 12.4. The summed E-state index contributed by atoms with van der Waals surface area (Å²) in [5, 5.41) is 6.69. The number of rotatable bonds is 2. The van der Waals surface area contributed by atoms with Crippen LogP contribution in [-0.2, 0) is 4.79 Å². The molecule has 1 fully saturated rings. The molecule has 1 aliphatic heterocycles. The lowest BCUT2D eigenvalue weighted by atomic mass is 9.82. The fourth-order valence-electron chi connectivity index (χ4n) is 2.26. The average Bonchev–Trinajstić information content (AvgIpc) is 2.34. The first-order chi connectivity index (χ1) is 8.92. The van der Waals surface area contributed by atoms with Gasteiger partial charge in [0.2, 0.25) is 5.91 Å². The summed E-state index contributed by atoms with van der Waals surface area (Å²) in [7, 11) is 0. The third kappa shape index (κ3) is 3.19. The first kappa shape index (κ1) is 14.6. The van der Waals surface area contributed by atoms with Crippen molar-refractivity contribution in [3.05, 3.63) is 21.9 Å². The van der Waals surface area contributed by atoms with Crippen LogP contribution in [0.2, 0.25) is 10.3 Å². The molecule has 0 radical (unpaired) electrons. The maximum atomic E-state index is 12.4. The van der Waals surface area contributed by atoms with Crippen molar-refractivity contribution in [3.8, 4) is 0 Å². The number of hydrogen-bond donors (Lipinski definition) is 2. The van der Waals surface area contributed by atoms with Crippen LogP contribution in [0.4, 0.5) is 5.69 Å². The molecule has 1 aliphatic rings. The molecule has 1 unspecified atom stereocenters. The highest BCUT2D eigenvalue weighted by molar-refractivity contribution is 6.34. The molecule has 2 rings (SSSR count). The fourth-order valence-corrected chi connectivity index (χ4v) is 2.84. The van der Waals surface area contributed by atoms with Crippen molar-refractivity contribution < 1.29 is 4.79 Å². The Morgan fingerprint density at radius 1 is 1.53 bits per heavy atom. The van der Waals surface area contributed by atoms with Gasteiger partial charge < -0.3 is 10.6 Å². The Morgan fingerprint density at radius 2 is 2.26 bits per heavy atom. The molecule has 6 heteroatoms. The molecule has 1 aromatic rings. The van der Waals surface area contributed by atoms with Crippen LogP contribution in [0.5, 0.6) is 0 Å². The molecule has 0 aliphatic carbocycles.